The number of amides is 2. The van der Waals surface area contributed by atoms with Gasteiger partial charge in [-0.3, -0.25) is 14.7 Å². The summed E-state index contributed by atoms with van der Waals surface area (Å²) in [5.41, 5.74) is 3.47. The van der Waals surface area contributed by atoms with Gasteiger partial charge in [0.15, 0.2) is 5.82 Å². The van der Waals surface area contributed by atoms with Crippen molar-refractivity contribution in [2.75, 3.05) is 13.1 Å². The standard InChI is InChI=1S/C25H26FN7O2S/c1-14(2)29-23(34)18-13-36-24(30-18)19-20(15-3-5-17(26)6-4-15)31-32-21(19)16-7-11-33(12-8-16)25(35)22-27-9-10-28-22/h3-6,9-10,13-14,16H,7-8,11-12H2,1-2H3,(H,27,28)(H,29,34)(H,31,32). The van der Waals surface area contributed by atoms with Crippen LogP contribution < -0.4 is 5.32 Å². The van der Waals surface area contributed by atoms with E-state index in [1.54, 1.807) is 34.8 Å². The molecule has 3 N–H and O–H groups in total. The number of thiazole rings is 1. The highest BCUT2D eigenvalue weighted by Gasteiger charge is 2.31. The summed E-state index contributed by atoms with van der Waals surface area (Å²) in [6, 6.07) is 6.16. The van der Waals surface area contributed by atoms with Gasteiger partial charge in [0.2, 0.25) is 0 Å². The Morgan fingerprint density at radius 2 is 1.94 bits per heavy atom. The summed E-state index contributed by atoms with van der Waals surface area (Å²) in [6.07, 6.45) is 4.67. The van der Waals surface area contributed by atoms with Gasteiger partial charge in [0.1, 0.15) is 22.2 Å². The van der Waals surface area contributed by atoms with Crippen molar-refractivity contribution in [1.82, 2.24) is 35.4 Å². The van der Waals surface area contributed by atoms with Crippen molar-refractivity contribution in [2.24, 2.45) is 0 Å². The minimum atomic E-state index is -0.327. The summed E-state index contributed by atoms with van der Waals surface area (Å²) in [5, 5.41) is 13.1. The first-order valence-corrected chi connectivity index (χ1v) is 12.7. The van der Waals surface area contributed by atoms with Crippen molar-refractivity contribution >= 4 is 23.2 Å². The van der Waals surface area contributed by atoms with Crippen LogP contribution in [0.1, 0.15) is 59.4 Å². The van der Waals surface area contributed by atoms with Crippen LogP contribution in [-0.2, 0) is 0 Å². The van der Waals surface area contributed by atoms with E-state index in [0.717, 1.165) is 29.7 Å². The number of nitrogens with zero attached hydrogens (tertiary/aromatic N) is 4. The van der Waals surface area contributed by atoms with E-state index < -0.39 is 0 Å². The molecular formula is C25H26FN7O2S. The van der Waals surface area contributed by atoms with Crippen LogP contribution in [0, 0.1) is 5.82 Å². The van der Waals surface area contributed by atoms with E-state index in [-0.39, 0.29) is 29.6 Å². The van der Waals surface area contributed by atoms with Gasteiger partial charge in [-0.05, 0) is 51.0 Å². The minimum Gasteiger partial charge on any atom is -0.349 e. The number of aromatic nitrogens is 5. The molecule has 1 aliphatic heterocycles. The van der Waals surface area contributed by atoms with Crippen LogP contribution in [0.4, 0.5) is 4.39 Å². The molecule has 5 rings (SSSR count). The second kappa shape index (κ2) is 10.0. The lowest BCUT2D eigenvalue weighted by Crippen LogP contribution is -2.38. The van der Waals surface area contributed by atoms with Gasteiger partial charge in [0, 0.05) is 54.1 Å². The predicted molar refractivity (Wildman–Crippen MR) is 134 cm³/mol. The highest BCUT2D eigenvalue weighted by Crippen LogP contribution is 2.41. The normalized spacial score (nSPS) is 14.4. The third-order valence-electron chi connectivity index (χ3n) is 6.17. The summed E-state index contributed by atoms with van der Waals surface area (Å²) >= 11 is 1.37. The van der Waals surface area contributed by atoms with Crippen LogP contribution in [0.25, 0.3) is 21.8 Å². The summed E-state index contributed by atoms with van der Waals surface area (Å²) < 4.78 is 13.6. The molecule has 2 amide bonds. The lowest BCUT2D eigenvalue weighted by molar-refractivity contribution is 0.0700. The summed E-state index contributed by atoms with van der Waals surface area (Å²) in [6.45, 7) is 4.95. The first-order valence-electron chi connectivity index (χ1n) is 11.8. The van der Waals surface area contributed by atoms with Crippen LogP contribution in [0.3, 0.4) is 0 Å². The molecule has 0 bridgehead atoms. The van der Waals surface area contributed by atoms with Crippen molar-refractivity contribution in [2.45, 2.75) is 38.6 Å². The molecule has 0 atom stereocenters. The molecule has 0 aliphatic carbocycles. The Kier molecular flexibility index (Phi) is 6.64. The van der Waals surface area contributed by atoms with E-state index in [1.807, 2.05) is 13.8 Å². The third kappa shape index (κ3) is 4.78. The van der Waals surface area contributed by atoms with Gasteiger partial charge in [-0.2, -0.15) is 5.10 Å². The summed E-state index contributed by atoms with van der Waals surface area (Å²) in [4.78, 5) is 38.6. The molecule has 4 heterocycles. The third-order valence-corrected chi connectivity index (χ3v) is 7.03. The van der Waals surface area contributed by atoms with Gasteiger partial charge in [-0.25, -0.2) is 14.4 Å². The Morgan fingerprint density at radius 3 is 2.61 bits per heavy atom. The van der Waals surface area contributed by atoms with Gasteiger partial charge in [-0.15, -0.1) is 11.3 Å². The molecule has 0 radical (unpaired) electrons. The Morgan fingerprint density at radius 1 is 1.19 bits per heavy atom. The van der Waals surface area contributed by atoms with Crippen molar-refractivity contribution in [1.29, 1.82) is 0 Å². The molecule has 1 aliphatic rings. The van der Waals surface area contributed by atoms with Crippen molar-refractivity contribution in [3.63, 3.8) is 0 Å². The number of aromatic amines is 2. The van der Waals surface area contributed by atoms with Crippen LogP contribution in [-0.4, -0.2) is 61.0 Å². The molecule has 1 fully saturated rings. The molecule has 11 heteroatoms. The summed E-state index contributed by atoms with van der Waals surface area (Å²) in [5.74, 6) is -0.225. The van der Waals surface area contributed by atoms with Crippen molar-refractivity contribution in [3.05, 3.63) is 65.1 Å². The molecular weight excluding hydrogens is 481 g/mol. The number of piperidine rings is 1. The van der Waals surface area contributed by atoms with Crippen LogP contribution >= 0.6 is 11.3 Å². The SMILES string of the molecule is CC(C)NC(=O)c1csc(-c2c(-c3ccc(F)cc3)n[nH]c2C2CCN(C(=O)c3ncc[nH]3)CC2)n1. The molecule has 4 aromatic rings. The largest absolute Gasteiger partial charge is 0.349 e. The van der Waals surface area contributed by atoms with Gasteiger partial charge in [0.25, 0.3) is 11.8 Å². The predicted octanol–water partition coefficient (Wildman–Crippen LogP) is 4.22. The second-order valence-electron chi connectivity index (χ2n) is 9.04. The number of carbonyl (C=O) groups is 2. The number of benzene rings is 1. The van der Waals surface area contributed by atoms with E-state index in [1.165, 1.54) is 23.5 Å². The topological polar surface area (TPSA) is 120 Å². The maximum absolute atomic E-state index is 13.6. The van der Waals surface area contributed by atoms with E-state index in [0.29, 0.717) is 35.3 Å². The fraction of sp³-hybridized carbons (Fsp3) is 0.320. The zero-order valence-electron chi connectivity index (χ0n) is 19.9. The number of H-pyrrole nitrogens is 2. The van der Waals surface area contributed by atoms with E-state index in [9.17, 15) is 14.0 Å². The fourth-order valence-electron chi connectivity index (χ4n) is 4.42. The average molecular weight is 508 g/mol. The second-order valence-corrected chi connectivity index (χ2v) is 9.90. The Bertz CT molecular complexity index is 1350. The first-order chi connectivity index (χ1) is 17.4. The molecule has 0 saturated carbocycles. The van der Waals surface area contributed by atoms with Gasteiger partial charge in [0.05, 0.1) is 5.56 Å². The molecule has 3 aromatic heterocycles. The zero-order chi connectivity index (χ0) is 25.2. The zero-order valence-corrected chi connectivity index (χ0v) is 20.7. The molecule has 0 spiro atoms. The minimum absolute atomic E-state index is 0.00372. The molecule has 0 unspecified atom stereocenters. The van der Waals surface area contributed by atoms with E-state index >= 15 is 0 Å². The highest BCUT2D eigenvalue weighted by atomic mass is 32.1. The highest BCUT2D eigenvalue weighted by molar-refractivity contribution is 7.13. The van der Waals surface area contributed by atoms with Gasteiger partial charge >= 0.3 is 0 Å². The Labute approximate surface area is 211 Å². The fourth-order valence-corrected chi connectivity index (χ4v) is 5.27. The lowest BCUT2D eigenvalue weighted by Gasteiger charge is -2.31. The van der Waals surface area contributed by atoms with Crippen molar-refractivity contribution in [3.8, 4) is 21.8 Å². The van der Waals surface area contributed by atoms with Crippen LogP contribution in [0.2, 0.25) is 0 Å². The first kappa shape index (κ1) is 23.9. The number of likely N-dealkylation sites (tertiary alicyclic amines) is 1. The number of imidazole rings is 1. The number of rotatable bonds is 6. The maximum atomic E-state index is 13.6. The molecule has 36 heavy (non-hydrogen) atoms. The van der Waals surface area contributed by atoms with E-state index in [2.05, 4.69) is 30.5 Å². The molecule has 9 nitrogen and oxygen atoms in total. The maximum Gasteiger partial charge on any atom is 0.289 e. The van der Waals surface area contributed by atoms with Crippen LogP contribution in [0.5, 0.6) is 0 Å². The molecule has 1 saturated heterocycles. The molecule has 186 valence electrons. The lowest BCUT2D eigenvalue weighted by atomic mass is 9.90. The van der Waals surface area contributed by atoms with Gasteiger partial charge < -0.3 is 15.2 Å². The number of carbonyl (C=O) groups excluding carboxylic acids is 2. The van der Waals surface area contributed by atoms with Gasteiger partial charge in [-0.1, -0.05) is 0 Å². The summed E-state index contributed by atoms with van der Waals surface area (Å²) in [7, 11) is 0. The number of hydrogen-bond donors (Lipinski definition) is 3. The van der Waals surface area contributed by atoms with Crippen LogP contribution in [0.15, 0.2) is 42.0 Å². The van der Waals surface area contributed by atoms with Crippen molar-refractivity contribution < 1.29 is 14.0 Å². The molecule has 1 aromatic carbocycles. The Balaban J connectivity index is 1.45. The number of halogens is 1. The van der Waals surface area contributed by atoms with E-state index in [4.69, 9.17) is 0 Å². The Hall–Kier alpha value is -3.86. The quantitative estimate of drug-likeness (QED) is 0.361. The monoisotopic (exact) mass is 507 g/mol. The number of hydrogen-bond acceptors (Lipinski definition) is 6. The number of nitrogens with one attached hydrogen (secondary N) is 3. The smallest absolute Gasteiger partial charge is 0.289 e. The average Bonchev–Trinajstić information content (AvgIpc) is 3.64.